The van der Waals surface area contributed by atoms with Gasteiger partial charge in [0.2, 0.25) is 0 Å². The predicted octanol–water partition coefficient (Wildman–Crippen LogP) is 0.896. The highest BCUT2D eigenvalue weighted by Crippen LogP contribution is 2.32. The SMILES string of the molecule is O=C(Nc1ccc(F)cc1)N[C@@H]1[C@H](O)[C@@H](N2CCCC2)[C@@H]2OC[C@@H]1O2. The van der Waals surface area contributed by atoms with Crippen molar-refractivity contribution in [2.75, 3.05) is 25.0 Å². The van der Waals surface area contributed by atoms with Gasteiger partial charge in [-0.15, -0.1) is 0 Å². The molecule has 3 heterocycles. The van der Waals surface area contributed by atoms with Crippen molar-refractivity contribution in [2.24, 2.45) is 0 Å². The van der Waals surface area contributed by atoms with Crippen LogP contribution in [0.25, 0.3) is 0 Å². The van der Waals surface area contributed by atoms with Crippen molar-refractivity contribution in [2.45, 2.75) is 43.4 Å². The number of amides is 2. The number of fused-ring (bicyclic) bond motifs is 2. The van der Waals surface area contributed by atoms with E-state index in [9.17, 15) is 14.3 Å². The van der Waals surface area contributed by atoms with Crippen LogP contribution in [0.15, 0.2) is 24.3 Å². The van der Waals surface area contributed by atoms with Crippen molar-refractivity contribution in [3.05, 3.63) is 30.1 Å². The summed E-state index contributed by atoms with van der Waals surface area (Å²) < 4.78 is 24.5. The van der Waals surface area contributed by atoms with E-state index in [2.05, 4.69) is 15.5 Å². The topological polar surface area (TPSA) is 83.1 Å². The van der Waals surface area contributed by atoms with Gasteiger partial charge in [0.15, 0.2) is 6.29 Å². The Kier molecular flexibility index (Phi) is 4.60. The molecular weight excluding hydrogens is 329 g/mol. The first kappa shape index (κ1) is 16.7. The minimum atomic E-state index is -0.775. The zero-order valence-electron chi connectivity index (χ0n) is 13.7. The van der Waals surface area contributed by atoms with Crippen LogP contribution in [0.2, 0.25) is 0 Å². The van der Waals surface area contributed by atoms with Crippen molar-refractivity contribution < 1.29 is 23.8 Å². The molecule has 2 amide bonds. The maximum atomic E-state index is 12.9. The molecule has 3 fully saturated rings. The fraction of sp³-hybridized carbons (Fsp3) is 0.588. The van der Waals surface area contributed by atoms with Crippen molar-refractivity contribution in [1.29, 1.82) is 0 Å². The molecule has 136 valence electrons. The quantitative estimate of drug-likeness (QED) is 0.754. The first-order valence-corrected chi connectivity index (χ1v) is 8.64. The molecule has 8 heteroatoms. The molecule has 3 aliphatic heterocycles. The molecule has 0 aromatic heterocycles. The van der Waals surface area contributed by atoms with Crippen LogP contribution in [0.4, 0.5) is 14.9 Å². The van der Waals surface area contributed by atoms with Gasteiger partial charge in [-0.3, -0.25) is 4.90 Å². The van der Waals surface area contributed by atoms with E-state index >= 15 is 0 Å². The number of halogens is 1. The van der Waals surface area contributed by atoms with Crippen LogP contribution in [0.5, 0.6) is 0 Å². The summed E-state index contributed by atoms with van der Waals surface area (Å²) in [5.74, 6) is -0.371. The highest BCUT2D eigenvalue weighted by atomic mass is 19.1. The molecule has 4 rings (SSSR count). The number of benzene rings is 1. The lowest BCUT2D eigenvalue weighted by molar-refractivity contribution is -0.177. The monoisotopic (exact) mass is 351 g/mol. The average molecular weight is 351 g/mol. The van der Waals surface area contributed by atoms with Crippen molar-refractivity contribution in [1.82, 2.24) is 10.2 Å². The average Bonchev–Trinajstić information content (AvgIpc) is 3.25. The van der Waals surface area contributed by atoms with E-state index in [1.807, 2.05) is 0 Å². The van der Waals surface area contributed by atoms with Gasteiger partial charge in [-0.2, -0.15) is 0 Å². The molecule has 0 radical (unpaired) electrons. The fourth-order valence-electron chi connectivity index (χ4n) is 3.86. The molecule has 0 saturated carbocycles. The summed E-state index contributed by atoms with van der Waals surface area (Å²) in [6.45, 7) is 2.13. The maximum Gasteiger partial charge on any atom is 0.319 e. The van der Waals surface area contributed by atoms with E-state index in [4.69, 9.17) is 9.47 Å². The second-order valence-electron chi connectivity index (χ2n) is 6.73. The second kappa shape index (κ2) is 6.87. The normalized spacial score (nSPS) is 34.9. The number of rotatable bonds is 3. The minimum absolute atomic E-state index is 0.280. The van der Waals surface area contributed by atoms with Gasteiger partial charge in [-0.25, -0.2) is 9.18 Å². The molecule has 0 spiro atoms. The van der Waals surface area contributed by atoms with Gasteiger partial charge in [0.05, 0.1) is 24.8 Å². The van der Waals surface area contributed by atoms with Crippen LogP contribution in [0.3, 0.4) is 0 Å². The summed E-state index contributed by atoms with van der Waals surface area (Å²) in [4.78, 5) is 14.4. The number of aliphatic hydroxyl groups excluding tert-OH is 1. The number of nitrogens with one attached hydrogen (secondary N) is 2. The summed E-state index contributed by atoms with van der Waals surface area (Å²) in [7, 11) is 0. The van der Waals surface area contributed by atoms with E-state index in [-0.39, 0.29) is 18.0 Å². The van der Waals surface area contributed by atoms with Crippen LogP contribution in [-0.4, -0.2) is 66.3 Å². The Balaban J connectivity index is 1.43. The van der Waals surface area contributed by atoms with Gasteiger partial charge >= 0.3 is 6.03 Å². The Morgan fingerprint density at radius 1 is 1.24 bits per heavy atom. The molecule has 25 heavy (non-hydrogen) atoms. The molecule has 7 nitrogen and oxygen atoms in total. The molecule has 0 unspecified atom stereocenters. The van der Waals surface area contributed by atoms with Crippen LogP contribution < -0.4 is 10.6 Å². The van der Waals surface area contributed by atoms with Crippen molar-refractivity contribution >= 4 is 11.7 Å². The van der Waals surface area contributed by atoms with Gasteiger partial charge in [0, 0.05) is 5.69 Å². The van der Waals surface area contributed by atoms with Gasteiger partial charge in [0.25, 0.3) is 0 Å². The Morgan fingerprint density at radius 3 is 2.68 bits per heavy atom. The molecule has 3 aliphatic rings. The zero-order chi connectivity index (χ0) is 17.4. The van der Waals surface area contributed by atoms with Gasteiger partial charge in [-0.1, -0.05) is 0 Å². The van der Waals surface area contributed by atoms with E-state index in [1.165, 1.54) is 24.3 Å². The highest BCUT2D eigenvalue weighted by Gasteiger charge is 2.52. The van der Waals surface area contributed by atoms with Gasteiger partial charge in [0.1, 0.15) is 11.9 Å². The summed E-state index contributed by atoms with van der Waals surface area (Å²) in [6, 6.07) is 4.18. The second-order valence-corrected chi connectivity index (χ2v) is 6.73. The Morgan fingerprint density at radius 2 is 1.96 bits per heavy atom. The van der Waals surface area contributed by atoms with Gasteiger partial charge in [-0.05, 0) is 50.2 Å². The first-order valence-electron chi connectivity index (χ1n) is 8.64. The number of carbonyl (C=O) groups is 1. The molecule has 2 bridgehead atoms. The van der Waals surface area contributed by atoms with Crippen LogP contribution in [0, 0.1) is 5.82 Å². The van der Waals surface area contributed by atoms with Crippen molar-refractivity contribution in [3.8, 4) is 0 Å². The number of nitrogens with zero attached hydrogens (tertiary/aromatic N) is 1. The standard InChI is InChI=1S/C17H22FN3O4/c18-10-3-5-11(6-4-10)19-17(23)20-13-12-9-24-16(25-12)14(15(13)22)21-7-1-2-8-21/h3-6,12-16,22H,1-2,7-9H2,(H2,19,20,23)/t12-,13-,14+,15-,16+/m0/s1. The third-order valence-corrected chi connectivity index (χ3v) is 5.09. The third-order valence-electron chi connectivity index (χ3n) is 5.09. The number of hydrogen-bond acceptors (Lipinski definition) is 5. The lowest BCUT2D eigenvalue weighted by Gasteiger charge is -2.42. The number of carbonyl (C=O) groups excluding carboxylic acids is 1. The molecule has 3 saturated heterocycles. The highest BCUT2D eigenvalue weighted by molar-refractivity contribution is 5.89. The van der Waals surface area contributed by atoms with E-state index in [1.54, 1.807) is 0 Å². The fourth-order valence-corrected chi connectivity index (χ4v) is 3.86. The molecule has 5 atom stereocenters. The number of hydrogen-bond donors (Lipinski definition) is 3. The van der Waals surface area contributed by atoms with E-state index in [0.29, 0.717) is 12.3 Å². The third kappa shape index (κ3) is 3.35. The molecule has 1 aromatic rings. The van der Waals surface area contributed by atoms with Crippen LogP contribution in [-0.2, 0) is 9.47 Å². The summed E-state index contributed by atoms with van der Waals surface area (Å²) >= 11 is 0. The lowest BCUT2D eigenvalue weighted by atomic mass is 9.95. The van der Waals surface area contributed by atoms with E-state index in [0.717, 1.165) is 25.9 Å². The molecule has 1 aromatic carbocycles. The Hall–Kier alpha value is -1.74. The number of anilines is 1. The number of urea groups is 1. The van der Waals surface area contributed by atoms with Crippen molar-refractivity contribution in [3.63, 3.8) is 0 Å². The zero-order valence-corrected chi connectivity index (χ0v) is 13.7. The predicted molar refractivity (Wildman–Crippen MR) is 87.6 cm³/mol. The molecular formula is C17H22FN3O4. The summed E-state index contributed by atoms with van der Waals surface area (Å²) in [5.41, 5.74) is 0.474. The Bertz CT molecular complexity index is 621. The number of likely N-dealkylation sites (tertiary alicyclic amines) is 1. The van der Waals surface area contributed by atoms with Gasteiger partial charge < -0.3 is 25.2 Å². The number of aliphatic hydroxyl groups is 1. The molecule has 0 aliphatic carbocycles. The largest absolute Gasteiger partial charge is 0.389 e. The molecule has 3 N–H and O–H groups in total. The van der Waals surface area contributed by atoms with Crippen LogP contribution >= 0.6 is 0 Å². The summed E-state index contributed by atoms with van der Waals surface area (Å²) in [5, 5.41) is 16.3. The van der Waals surface area contributed by atoms with E-state index < -0.39 is 24.5 Å². The first-order chi connectivity index (χ1) is 12.1. The smallest absolute Gasteiger partial charge is 0.319 e. The maximum absolute atomic E-state index is 12.9. The van der Waals surface area contributed by atoms with Crippen LogP contribution in [0.1, 0.15) is 12.8 Å². The number of ether oxygens (including phenoxy) is 2. The summed E-state index contributed by atoms with van der Waals surface area (Å²) in [6.07, 6.45) is 0.572. The lowest BCUT2D eigenvalue weighted by Crippen LogP contribution is -2.65. The Labute approximate surface area is 145 Å². The minimum Gasteiger partial charge on any atom is -0.389 e.